The van der Waals surface area contributed by atoms with Crippen molar-refractivity contribution in [3.63, 3.8) is 0 Å². The first-order chi connectivity index (χ1) is 10.6. The number of aliphatic hydroxyl groups is 1. The third-order valence-corrected chi connectivity index (χ3v) is 4.37. The molecular weight excluding hydrogens is 313 g/mol. The molecule has 2 amide bonds. The lowest BCUT2D eigenvalue weighted by Crippen LogP contribution is -2.45. The number of hydrogen-bond acceptors (Lipinski definition) is 3. The van der Waals surface area contributed by atoms with Crippen LogP contribution in [0.25, 0.3) is 0 Å². The van der Waals surface area contributed by atoms with E-state index in [9.17, 15) is 23.1 Å². The summed E-state index contributed by atoms with van der Waals surface area (Å²) >= 11 is 0. The van der Waals surface area contributed by atoms with Gasteiger partial charge in [-0.15, -0.1) is 0 Å². The Bertz CT molecular complexity index is 594. The van der Waals surface area contributed by atoms with Crippen molar-refractivity contribution in [3.8, 4) is 0 Å². The van der Waals surface area contributed by atoms with Crippen molar-refractivity contribution in [3.05, 3.63) is 17.0 Å². The van der Waals surface area contributed by atoms with Crippen molar-refractivity contribution < 1.29 is 23.1 Å². The molecule has 3 N–H and O–H groups in total. The lowest BCUT2D eigenvalue weighted by atomic mass is 10.0. The minimum absolute atomic E-state index is 0.0431. The van der Waals surface area contributed by atoms with Gasteiger partial charge in [-0.2, -0.15) is 18.3 Å². The molecular formula is C14H21F3N4O2. The number of carbonyl (C=O) groups is 1. The maximum absolute atomic E-state index is 13.4. The van der Waals surface area contributed by atoms with Gasteiger partial charge in [-0.1, -0.05) is 0 Å². The van der Waals surface area contributed by atoms with E-state index < -0.39 is 18.2 Å². The third-order valence-electron chi connectivity index (χ3n) is 4.37. The molecule has 0 unspecified atom stereocenters. The largest absolute Gasteiger partial charge is 0.413 e. The molecule has 0 aliphatic heterocycles. The van der Waals surface area contributed by atoms with Crippen molar-refractivity contribution >= 4 is 6.03 Å². The van der Waals surface area contributed by atoms with Gasteiger partial charge in [0.15, 0.2) is 6.04 Å². The molecule has 1 aliphatic rings. The van der Waals surface area contributed by atoms with E-state index in [1.807, 2.05) is 5.32 Å². The van der Waals surface area contributed by atoms with Gasteiger partial charge in [0.25, 0.3) is 0 Å². The maximum Gasteiger partial charge on any atom is 0.413 e. The van der Waals surface area contributed by atoms with Crippen LogP contribution in [0.1, 0.15) is 35.8 Å². The Hall–Kier alpha value is -1.77. The van der Waals surface area contributed by atoms with E-state index in [4.69, 9.17) is 0 Å². The topological polar surface area (TPSA) is 79.2 Å². The highest BCUT2D eigenvalue weighted by Crippen LogP contribution is 2.44. The Balaban J connectivity index is 2.12. The van der Waals surface area contributed by atoms with Crippen LogP contribution >= 0.6 is 0 Å². The van der Waals surface area contributed by atoms with Crippen molar-refractivity contribution in [2.75, 3.05) is 13.2 Å². The molecule has 9 heteroatoms. The van der Waals surface area contributed by atoms with Crippen molar-refractivity contribution in [1.29, 1.82) is 0 Å². The number of nitrogens with one attached hydrogen (secondary N) is 2. The number of amides is 2. The minimum atomic E-state index is -4.63. The molecule has 1 heterocycles. The highest BCUT2D eigenvalue weighted by atomic mass is 19.4. The average molecular weight is 334 g/mol. The molecule has 1 aromatic rings. The molecule has 130 valence electrons. The fourth-order valence-electron chi connectivity index (χ4n) is 2.54. The van der Waals surface area contributed by atoms with Gasteiger partial charge in [0, 0.05) is 30.3 Å². The summed E-state index contributed by atoms with van der Waals surface area (Å²) in [4.78, 5) is 11.9. The number of urea groups is 1. The summed E-state index contributed by atoms with van der Waals surface area (Å²) in [6.07, 6.45) is -3.12. The Morgan fingerprint density at radius 2 is 2.04 bits per heavy atom. The van der Waals surface area contributed by atoms with Gasteiger partial charge in [0.05, 0.1) is 12.3 Å². The number of aromatic nitrogens is 2. The fourth-order valence-corrected chi connectivity index (χ4v) is 2.54. The summed E-state index contributed by atoms with van der Waals surface area (Å²) in [5.74, 6) is 0. The lowest BCUT2D eigenvalue weighted by molar-refractivity contribution is -0.155. The normalized spacial score (nSPS) is 17.7. The van der Waals surface area contributed by atoms with Gasteiger partial charge in [-0.25, -0.2) is 4.79 Å². The predicted molar refractivity (Wildman–Crippen MR) is 76.8 cm³/mol. The average Bonchev–Trinajstić information content (AvgIpc) is 3.18. The first-order valence-corrected chi connectivity index (χ1v) is 7.32. The molecule has 0 radical (unpaired) electrons. The third kappa shape index (κ3) is 3.77. The van der Waals surface area contributed by atoms with E-state index in [0.29, 0.717) is 5.69 Å². The Kier molecular flexibility index (Phi) is 4.61. The molecule has 0 bridgehead atoms. The zero-order valence-electron chi connectivity index (χ0n) is 13.3. The van der Waals surface area contributed by atoms with Crippen LogP contribution in [0.2, 0.25) is 0 Å². The molecule has 6 nitrogen and oxygen atoms in total. The van der Waals surface area contributed by atoms with E-state index in [1.54, 1.807) is 7.05 Å². The zero-order chi connectivity index (χ0) is 17.4. The number of aliphatic hydroxyl groups excluding tert-OH is 1. The second-order valence-electron chi connectivity index (χ2n) is 6.17. The SMILES string of the molecule is Cc1nn(C)c(C)c1[C@H](NC(=O)NCC1(CO)CC1)C(F)(F)F. The van der Waals surface area contributed by atoms with Crippen molar-refractivity contribution in [2.24, 2.45) is 12.5 Å². The van der Waals surface area contributed by atoms with Crippen LogP contribution in [0.15, 0.2) is 0 Å². The van der Waals surface area contributed by atoms with Gasteiger partial charge in [-0.05, 0) is 26.7 Å². The summed E-state index contributed by atoms with van der Waals surface area (Å²) in [7, 11) is 1.55. The number of hydrogen-bond donors (Lipinski definition) is 3. The standard InChI is InChI=1S/C14H21F3N4O2/c1-8-10(9(2)21(3)20-8)11(14(15,16)17)19-12(23)18-6-13(7-22)4-5-13/h11,22H,4-7H2,1-3H3,(H2,18,19,23)/t11-/m0/s1. The van der Waals surface area contributed by atoms with Gasteiger partial charge in [-0.3, -0.25) is 4.68 Å². The van der Waals surface area contributed by atoms with E-state index >= 15 is 0 Å². The predicted octanol–water partition coefficient (Wildman–Crippen LogP) is 1.71. The highest BCUT2D eigenvalue weighted by molar-refractivity contribution is 5.74. The number of rotatable bonds is 5. The molecule has 1 saturated carbocycles. The summed E-state index contributed by atoms with van der Waals surface area (Å²) < 4.78 is 41.5. The second kappa shape index (κ2) is 6.03. The number of aryl methyl sites for hydroxylation is 2. The Morgan fingerprint density at radius 3 is 2.43 bits per heavy atom. The number of carbonyl (C=O) groups excluding carboxylic acids is 1. The van der Waals surface area contributed by atoms with Gasteiger partial charge < -0.3 is 15.7 Å². The molecule has 1 fully saturated rings. The molecule has 0 spiro atoms. The molecule has 1 aliphatic carbocycles. The van der Waals surface area contributed by atoms with Crippen LogP contribution < -0.4 is 10.6 Å². The molecule has 23 heavy (non-hydrogen) atoms. The van der Waals surface area contributed by atoms with Gasteiger partial charge >= 0.3 is 12.2 Å². The van der Waals surface area contributed by atoms with Crippen molar-refractivity contribution in [1.82, 2.24) is 20.4 Å². The van der Waals surface area contributed by atoms with E-state index in [2.05, 4.69) is 10.4 Å². The van der Waals surface area contributed by atoms with E-state index in [-0.39, 0.29) is 29.8 Å². The van der Waals surface area contributed by atoms with Crippen LogP contribution in [-0.2, 0) is 7.05 Å². The molecule has 0 saturated heterocycles. The number of alkyl halides is 3. The Labute approximate surface area is 132 Å². The first kappa shape index (κ1) is 17.6. The summed E-state index contributed by atoms with van der Waals surface area (Å²) in [5.41, 5.74) is 0.157. The summed E-state index contributed by atoms with van der Waals surface area (Å²) in [6, 6.07) is -3.03. The highest BCUT2D eigenvalue weighted by Gasteiger charge is 2.45. The molecule has 0 aromatic carbocycles. The number of nitrogens with zero attached hydrogens (tertiary/aromatic N) is 2. The van der Waals surface area contributed by atoms with Gasteiger partial charge in [0.2, 0.25) is 0 Å². The zero-order valence-corrected chi connectivity index (χ0v) is 13.3. The fraction of sp³-hybridized carbons (Fsp3) is 0.714. The first-order valence-electron chi connectivity index (χ1n) is 7.32. The van der Waals surface area contributed by atoms with Crippen LogP contribution in [0.3, 0.4) is 0 Å². The molecule has 2 rings (SSSR count). The van der Waals surface area contributed by atoms with Crippen molar-refractivity contribution in [2.45, 2.75) is 38.9 Å². The summed E-state index contributed by atoms with van der Waals surface area (Å²) in [6.45, 7) is 3.08. The maximum atomic E-state index is 13.4. The smallest absolute Gasteiger partial charge is 0.396 e. The molecule has 1 aromatic heterocycles. The Morgan fingerprint density at radius 1 is 1.43 bits per heavy atom. The minimum Gasteiger partial charge on any atom is -0.396 e. The van der Waals surface area contributed by atoms with E-state index in [1.165, 1.54) is 18.5 Å². The summed E-state index contributed by atoms with van der Waals surface area (Å²) in [5, 5.41) is 17.5. The van der Waals surface area contributed by atoms with Crippen LogP contribution in [-0.4, -0.2) is 40.2 Å². The molecule has 1 atom stereocenters. The van der Waals surface area contributed by atoms with Crippen LogP contribution in [0.4, 0.5) is 18.0 Å². The van der Waals surface area contributed by atoms with E-state index in [0.717, 1.165) is 12.8 Å². The van der Waals surface area contributed by atoms with Gasteiger partial charge in [0.1, 0.15) is 0 Å². The van der Waals surface area contributed by atoms with Crippen LogP contribution in [0, 0.1) is 19.3 Å². The lowest BCUT2D eigenvalue weighted by Gasteiger charge is -2.23. The number of halogens is 3. The quantitative estimate of drug-likeness (QED) is 0.767. The monoisotopic (exact) mass is 334 g/mol. The van der Waals surface area contributed by atoms with Crippen LogP contribution in [0.5, 0.6) is 0 Å². The second-order valence-corrected chi connectivity index (χ2v) is 6.17.